The van der Waals surface area contributed by atoms with E-state index in [1.54, 1.807) is 28.1 Å². The second-order valence-electron chi connectivity index (χ2n) is 4.00. The highest BCUT2D eigenvalue weighted by Gasteiger charge is 2.12. The fraction of sp³-hybridized carbons (Fsp3) is 0.818. The molecule has 0 spiro atoms. The molecule has 0 aliphatic heterocycles. The second kappa shape index (κ2) is 8.95. The third-order valence-electron chi connectivity index (χ3n) is 2.29. The van der Waals surface area contributed by atoms with Gasteiger partial charge >= 0.3 is 0 Å². The molecule has 1 atom stereocenters. The molecule has 0 aromatic rings. The zero-order valence-corrected chi connectivity index (χ0v) is 11.1. The van der Waals surface area contributed by atoms with Gasteiger partial charge in [0.1, 0.15) is 0 Å². The first kappa shape index (κ1) is 15.9. The van der Waals surface area contributed by atoms with Gasteiger partial charge in [-0.2, -0.15) is 0 Å². The van der Waals surface area contributed by atoms with Crippen LogP contribution in [0.2, 0.25) is 0 Å². The molecule has 0 aliphatic rings. The summed E-state index contributed by atoms with van der Waals surface area (Å²) < 4.78 is 4.83. The number of methoxy groups -OCH3 is 1. The summed E-state index contributed by atoms with van der Waals surface area (Å²) in [5.41, 5.74) is 0. The number of amides is 2. The van der Waals surface area contributed by atoms with E-state index in [1.165, 1.54) is 4.90 Å². The summed E-state index contributed by atoms with van der Waals surface area (Å²) in [4.78, 5) is 24.3. The zero-order valence-electron chi connectivity index (χ0n) is 11.1. The van der Waals surface area contributed by atoms with E-state index >= 15 is 0 Å². The summed E-state index contributed by atoms with van der Waals surface area (Å²) in [7, 11) is 5.01. The third kappa shape index (κ3) is 7.70. The van der Waals surface area contributed by atoms with Crippen LogP contribution in [0.15, 0.2) is 0 Å². The lowest BCUT2D eigenvalue weighted by molar-refractivity contribution is -0.129. The highest BCUT2D eigenvalue weighted by Crippen LogP contribution is 1.88. The summed E-state index contributed by atoms with van der Waals surface area (Å²) in [5.74, 6) is -0.0381. The molecule has 100 valence electrons. The lowest BCUT2D eigenvalue weighted by Crippen LogP contribution is -2.44. The molecule has 0 aromatic carbocycles. The Bertz CT molecular complexity index is 244. The van der Waals surface area contributed by atoms with Crippen LogP contribution in [-0.2, 0) is 14.3 Å². The Morgan fingerprint density at radius 2 is 1.94 bits per heavy atom. The van der Waals surface area contributed by atoms with Crippen molar-refractivity contribution in [1.29, 1.82) is 0 Å². The lowest BCUT2D eigenvalue weighted by atomic mass is 10.3. The van der Waals surface area contributed by atoms with Gasteiger partial charge in [-0.3, -0.25) is 9.59 Å². The minimum absolute atomic E-state index is 0.0458. The summed E-state index contributed by atoms with van der Waals surface area (Å²) >= 11 is 0. The first-order valence-corrected chi connectivity index (χ1v) is 5.69. The molecule has 0 heterocycles. The average Bonchev–Trinajstić information content (AvgIpc) is 2.28. The van der Waals surface area contributed by atoms with Crippen LogP contribution >= 0.6 is 0 Å². The van der Waals surface area contributed by atoms with Crippen LogP contribution in [0.4, 0.5) is 0 Å². The molecule has 0 saturated carbocycles. The molecule has 0 bridgehead atoms. The van der Waals surface area contributed by atoms with E-state index in [1.807, 2.05) is 0 Å². The fourth-order valence-corrected chi connectivity index (χ4v) is 1.14. The van der Waals surface area contributed by atoms with Crippen molar-refractivity contribution in [1.82, 2.24) is 15.5 Å². The van der Waals surface area contributed by atoms with Gasteiger partial charge in [-0.05, 0) is 6.92 Å². The molecule has 2 N–H and O–H groups in total. The third-order valence-corrected chi connectivity index (χ3v) is 2.29. The highest BCUT2D eigenvalue weighted by atomic mass is 16.5. The monoisotopic (exact) mass is 245 g/mol. The number of hydrogen-bond donors (Lipinski definition) is 2. The number of carbonyl (C=O) groups excluding carboxylic acids is 2. The number of carbonyl (C=O) groups is 2. The van der Waals surface area contributed by atoms with Crippen LogP contribution < -0.4 is 10.6 Å². The van der Waals surface area contributed by atoms with Crippen molar-refractivity contribution in [3.05, 3.63) is 0 Å². The Morgan fingerprint density at radius 1 is 1.29 bits per heavy atom. The molecule has 0 aliphatic carbocycles. The van der Waals surface area contributed by atoms with Gasteiger partial charge in [0.2, 0.25) is 11.8 Å². The molecule has 1 unspecified atom stereocenters. The zero-order chi connectivity index (χ0) is 13.3. The molecule has 6 heteroatoms. The molecule has 0 radical (unpaired) electrons. The van der Waals surface area contributed by atoms with Crippen molar-refractivity contribution in [3.8, 4) is 0 Å². The Labute approximate surface area is 103 Å². The second-order valence-corrected chi connectivity index (χ2v) is 4.00. The maximum Gasteiger partial charge on any atom is 0.236 e. The van der Waals surface area contributed by atoms with E-state index in [9.17, 15) is 9.59 Å². The van der Waals surface area contributed by atoms with Crippen LogP contribution in [0.3, 0.4) is 0 Å². The first-order chi connectivity index (χ1) is 7.99. The van der Waals surface area contributed by atoms with E-state index in [2.05, 4.69) is 10.6 Å². The Balaban J connectivity index is 3.67. The van der Waals surface area contributed by atoms with Gasteiger partial charge in [-0.25, -0.2) is 0 Å². The Hall–Kier alpha value is -1.14. The molecule has 0 rings (SSSR count). The summed E-state index contributed by atoms with van der Waals surface area (Å²) in [6.07, 6.45) is 0.392. The minimum Gasteiger partial charge on any atom is -0.383 e. The number of rotatable bonds is 8. The largest absolute Gasteiger partial charge is 0.383 e. The van der Waals surface area contributed by atoms with Crippen molar-refractivity contribution >= 4 is 11.8 Å². The summed E-state index contributed by atoms with van der Waals surface area (Å²) in [6, 6.07) is -0.304. The first-order valence-electron chi connectivity index (χ1n) is 5.69. The van der Waals surface area contributed by atoms with E-state index < -0.39 is 0 Å². The standard InChI is InChI=1S/C11H23N3O3/c1-9(11(16)13-7-8-17-4)12-6-5-10(15)14(2)3/h9,12H,5-8H2,1-4H3,(H,13,16). The van der Waals surface area contributed by atoms with Crippen LogP contribution in [-0.4, -0.2) is 63.7 Å². The van der Waals surface area contributed by atoms with Crippen molar-refractivity contribution in [2.24, 2.45) is 0 Å². The maximum atomic E-state index is 11.5. The van der Waals surface area contributed by atoms with Crippen molar-refractivity contribution < 1.29 is 14.3 Å². The molecular formula is C11H23N3O3. The lowest BCUT2D eigenvalue weighted by Gasteiger charge is -2.15. The SMILES string of the molecule is COCCNC(=O)C(C)NCCC(=O)N(C)C. The van der Waals surface area contributed by atoms with Crippen molar-refractivity contribution in [2.75, 3.05) is 40.9 Å². The molecule has 0 aromatic heterocycles. The highest BCUT2D eigenvalue weighted by molar-refractivity contribution is 5.81. The predicted molar refractivity (Wildman–Crippen MR) is 65.7 cm³/mol. The number of hydrogen-bond acceptors (Lipinski definition) is 4. The van der Waals surface area contributed by atoms with Crippen LogP contribution in [0.25, 0.3) is 0 Å². The van der Waals surface area contributed by atoms with Gasteiger partial charge < -0.3 is 20.3 Å². The van der Waals surface area contributed by atoms with E-state index in [0.29, 0.717) is 26.1 Å². The Kier molecular flexibility index (Phi) is 8.35. The molecular weight excluding hydrogens is 222 g/mol. The number of ether oxygens (including phenoxy) is 1. The van der Waals surface area contributed by atoms with Gasteiger partial charge in [0, 0.05) is 40.7 Å². The minimum atomic E-state index is -0.304. The molecule has 0 fully saturated rings. The van der Waals surface area contributed by atoms with Gasteiger partial charge in [0.25, 0.3) is 0 Å². The summed E-state index contributed by atoms with van der Waals surface area (Å²) in [6.45, 7) is 3.26. The van der Waals surface area contributed by atoms with E-state index in [-0.39, 0.29) is 17.9 Å². The van der Waals surface area contributed by atoms with Gasteiger partial charge in [-0.15, -0.1) is 0 Å². The quantitative estimate of drug-likeness (QED) is 0.550. The molecule has 6 nitrogen and oxygen atoms in total. The van der Waals surface area contributed by atoms with Crippen molar-refractivity contribution in [3.63, 3.8) is 0 Å². The number of nitrogens with one attached hydrogen (secondary N) is 2. The molecule has 2 amide bonds. The fourth-order valence-electron chi connectivity index (χ4n) is 1.14. The maximum absolute atomic E-state index is 11.5. The smallest absolute Gasteiger partial charge is 0.236 e. The number of nitrogens with zero attached hydrogens (tertiary/aromatic N) is 1. The van der Waals surface area contributed by atoms with E-state index in [0.717, 1.165) is 0 Å². The van der Waals surface area contributed by atoms with Crippen LogP contribution in [0.1, 0.15) is 13.3 Å². The van der Waals surface area contributed by atoms with Gasteiger partial charge in [0.05, 0.1) is 12.6 Å². The molecule has 0 saturated heterocycles. The van der Waals surface area contributed by atoms with Crippen molar-refractivity contribution in [2.45, 2.75) is 19.4 Å². The normalized spacial score (nSPS) is 12.0. The topological polar surface area (TPSA) is 70.7 Å². The van der Waals surface area contributed by atoms with E-state index in [4.69, 9.17) is 4.74 Å². The summed E-state index contributed by atoms with van der Waals surface area (Å²) in [5, 5.41) is 5.72. The average molecular weight is 245 g/mol. The van der Waals surface area contributed by atoms with Crippen LogP contribution in [0.5, 0.6) is 0 Å². The Morgan fingerprint density at radius 3 is 2.47 bits per heavy atom. The molecule has 17 heavy (non-hydrogen) atoms. The predicted octanol–water partition coefficient (Wildman–Crippen LogP) is -0.795. The van der Waals surface area contributed by atoms with Crippen LogP contribution in [0, 0.1) is 0 Å². The van der Waals surface area contributed by atoms with Gasteiger partial charge in [0.15, 0.2) is 0 Å². The van der Waals surface area contributed by atoms with Gasteiger partial charge in [-0.1, -0.05) is 0 Å².